The molecule has 1 aliphatic carbocycles. The molecule has 0 radical (unpaired) electrons. The highest BCUT2D eigenvalue weighted by molar-refractivity contribution is 5.77. The molecule has 3 rings (SSSR count). The molecule has 0 spiro atoms. The molecule has 0 unspecified atom stereocenters. The number of amides is 2. The second-order valence-electron chi connectivity index (χ2n) is 6.73. The van der Waals surface area contributed by atoms with Crippen molar-refractivity contribution in [2.45, 2.75) is 58.0 Å². The Morgan fingerprint density at radius 1 is 1.23 bits per heavy atom. The maximum Gasteiger partial charge on any atom is 0.252 e. The molecule has 2 heterocycles. The molecule has 2 amide bonds. The highest BCUT2D eigenvalue weighted by atomic mass is 16.3. The predicted molar refractivity (Wildman–Crippen MR) is 93.4 cm³/mol. The van der Waals surface area contributed by atoms with Crippen LogP contribution in [0.25, 0.3) is 5.78 Å². The highest BCUT2D eigenvalue weighted by Gasteiger charge is 2.26. The van der Waals surface area contributed by atoms with E-state index >= 15 is 0 Å². The number of carbonyl (C=O) groups excluding carboxylic acids is 2. The van der Waals surface area contributed by atoms with Gasteiger partial charge in [0.2, 0.25) is 11.8 Å². The lowest BCUT2D eigenvalue weighted by Gasteiger charge is -2.15. The third-order valence-corrected chi connectivity index (χ3v) is 4.90. The van der Waals surface area contributed by atoms with Gasteiger partial charge in [-0.25, -0.2) is 9.50 Å². The van der Waals surface area contributed by atoms with Crippen molar-refractivity contribution in [2.24, 2.45) is 0 Å². The van der Waals surface area contributed by atoms with E-state index in [-0.39, 0.29) is 23.9 Å². The first kappa shape index (κ1) is 18.2. The molecule has 0 aromatic carbocycles. The van der Waals surface area contributed by atoms with Gasteiger partial charge in [0.15, 0.2) is 0 Å². The van der Waals surface area contributed by atoms with Gasteiger partial charge >= 0.3 is 0 Å². The number of aryl methyl sites for hydroxylation is 2. The summed E-state index contributed by atoms with van der Waals surface area (Å²) in [6.07, 6.45) is 4.76. The van der Waals surface area contributed by atoms with Gasteiger partial charge in [-0.15, -0.1) is 0 Å². The van der Waals surface area contributed by atoms with E-state index in [1.807, 2.05) is 13.8 Å². The number of aliphatic hydroxyl groups is 1. The summed E-state index contributed by atoms with van der Waals surface area (Å²) < 4.78 is 1.69. The zero-order chi connectivity index (χ0) is 18.7. The Bertz CT molecular complexity index is 818. The first-order valence-corrected chi connectivity index (χ1v) is 8.83. The Hall–Kier alpha value is -2.55. The lowest BCUT2D eigenvalue weighted by atomic mass is 10.1. The summed E-state index contributed by atoms with van der Waals surface area (Å²) >= 11 is 0. The van der Waals surface area contributed by atoms with E-state index < -0.39 is 6.61 Å². The monoisotopic (exact) mass is 360 g/mol. The van der Waals surface area contributed by atoms with Crippen molar-refractivity contribution in [3.05, 3.63) is 23.3 Å². The number of hydrogen-bond donors (Lipinski definition) is 3. The molecule has 0 aliphatic heterocycles. The highest BCUT2D eigenvalue weighted by Crippen LogP contribution is 2.20. The van der Waals surface area contributed by atoms with Gasteiger partial charge in [-0.3, -0.25) is 9.59 Å². The average molecular weight is 360 g/mol. The lowest BCUT2D eigenvalue weighted by molar-refractivity contribution is -0.124. The van der Waals surface area contributed by atoms with Crippen LogP contribution in [-0.4, -0.2) is 55.2 Å². The summed E-state index contributed by atoms with van der Waals surface area (Å²) in [6.45, 7) is 3.37. The Morgan fingerprint density at radius 2 is 1.92 bits per heavy atom. The van der Waals surface area contributed by atoms with Crippen molar-refractivity contribution < 1.29 is 14.7 Å². The van der Waals surface area contributed by atoms with Crippen LogP contribution in [0.2, 0.25) is 0 Å². The Morgan fingerprint density at radius 3 is 2.62 bits per heavy atom. The van der Waals surface area contributed by atoms with Gasteiger partial charge < -0.3 is 15.7 Å². The van der Waals surface area contributed by atoms with Crippen LogP contribution in [0, 0.1) is 13.8 Å². The first-order valence-electron chi connectivity index (χ1n) is 8.83. The summed E-state index contributed by atoms with van der Waals surface area (Å²) in [5.74, 6) is 0.181. The summed E-state index contributed by atoms with van der Waals surface area (Å²) in [5, 5.41) is 18.7. The number of carbonyl (C=O) groups is 2. The second-order valence-corrected chi connectivity index (χ2v) is 6.73. The van der Waals surface area contributed by atoms with Crippen LogP contribution in [0.3, 0.4) is 0 Å². The van der Waals surface area contributed by atoms with E-state index in [4.69, 9.17) is 5.11 Å². The van der Waals surface area contributed by atoms with E-state index in [0.29, 0.717) is 25.0 Å². The zero-order valence-electron chi connectivity index (χ0n) is 15.0. The van der Waals surface area contributed by atoms with Crippen LogP contribution < -0.4 is 10.6 Å². The molecule has 1 fully saturated rings. The van der Waals surface area contributed by atoms with Gasteiger partial charge in [-0.05, 0) is 45.1 Å². The van der Waals surface area contributed by atoms with Crippen molar-refractivity contribution >= 4 is 17.6 Å². The number of aliphatic hydroxyl groups excluding tert-OH is 1. The molecule has 9 nitrogen and oxygen atoms in total. The first-order chi connectivity index (χ1) is 12.5. The number of nitrogens with zero attached hydrogens (tertiary/aromatic N) is 4. The van der Waals surface area contributed by atoms with Gasteiger partial charge in [-0.1, -0.05) is 0 Å². The van der Waals surface area contributed by atoms with Crippen LogP contribution in [0.5, 0.6) is 0 Å². The molecule has 1 saturated carbocycles. The average Bonchev–Trinajstić information content (AvgIpc) is 3.23. The minimum atomic E-state index is -0.504. The predicted octanol–water partition coefficient (Wildman–Crippen LogP) is -0.180. The minimum Gasteiger partial charge on any atom is -0.387 e. The molecule has 140 valence electrons. The van der Waals surface area contributed by atoms with Crippen molar-refractivity contribution in [3.63, 3.8) is 0 Å². The number of rotatable bonds is 6. The van der Waals surface area contributed by atoms with Gasteiger partial charge in [-0.2, -0.15) is 10.1 Å². The standard InChI is InChI=1S/C17H24N6O3/c1-10-14(11(2)23-17(20-10)18-9-19-23)5-6-15(25)21-12-3-4-13(7-12)22-16(26)8-24/h9,12-13,24H,3-8H2,1-2H3,(H,21,25)(H,22,26)/t12-,13+/m1/s1. The molecular formula is C17H24N6O3. The van der Waals surface area contributed by atoms with E-state index in [1.54, 1.807) is 4.52 Å². The molecule has 1 aliphatic rings. The van der Waals surface area contributed by atoms with Crippen LogP contribution in [0.15, 0.2) is 6.33 Å². The zero-order valence-corrected chi connectivity index (χ0v) is 15.0. The van der Waals surface area contributed by atoms with E-state index in [9.17, 15) is 9.59 Å². The Labute approximate surface area is 151 Å². The Kier molecular flexibility index (Phi) is 5.46. The quantitative estimate of drug-likeness (QED) is 0.657. The van der Waals surface area contributed by atoms with E-state index in [2.05, 4.69) is 25.7 Å². The number of fused-ring (bicyclic) bond motifs is 1. The molecule has 0 bridgehead atoms. The number of aromatic nitrogens is 4. The van der Waals surface area contributed by atoms with Crippen LogP contribution in [0.4, 0.5) is 0 Å². The summed E-state index contributed by atoms with van der Waals surface area (Å²) in [7, 11) is 0. The fraction of sp³-hybridized carbons (Fsp3) is 0.588. The van der Waals surface area contributed by atoms with Crippen molar-refractivity contribution in [1.82, 2.24) is 30.2 Å². The molecule has 3 N–H and O–H groups in total. The second kappa shape index (κ2) is 7.77. The fourth-order valence-corrected chi connectivity index (χ4v) is 3.57. The minimum absolute atomic E-state index is 0.0124. The maximum atomic E-state index is 12.3. The van der Waals surface area contributed by atoms with Gasteiger partial charge in [0.25, 0.3) is 5.78 Å². The fourth-order valence-electron chi connectivity index (χ4n) is 3.57. The number of hydrogen-bond acceptors (Lipinski definition) is 6. The molecule has 2 aromatic rings. The van der Waals surface area contributed by atoms with Crippen molar-refractivity contribution in [3.8, 4) is 0 Å². The van der Waals surface area contributed by atoms with Gasteiger partial charge in [0.05, 0.1) is 0 Å². The normalized spacial score (nSPS) is 19.7. The smallest absolute Gasteiger partial charge is 0.252 e. The Balaban J connectivity index is 1.53. The van der Waals surface area contributed by atoms with Gasteiger partial charge in [0, 0.05) is 29.9 Å². The third kappa shape index (κ3) is 3.98. The SMILES string of the molecule is Cc1nc2ncnn2c(C)c1CCC(=O)N[C@@H]1CC[C@H](NC(=O)CO)C1. The maximum absolute atomic E-state index is 12.3. The third-order valence-electron chi connectivity index (χ3n) is 4.90. The lowest BCUT2D eigenvalue weighted by Crippen LogP contribution is -2.38. The summed E-state index contributed by atoms with van der Waals surface area (Å²) in [4.78, 5) is 32.0. The molecule has 9 heteroatoms. The van der Waals surface area contributed by atoms with E-state index in [0.717, 1.165) is 29.8 Å². The summed E-state index contributed by atoms with van der Waals surface area (Å²) in [6, 6.07) is 0.0768. The van der Waals surface area contributed by atoms with Crippen LogP contribution in [0.1, 0.15) is 42.6 Å². The summed E-state index contributed by atoms with van der Waals surface area (Å²) in [5.41, 5.74) is 2.83. The molecular weight excluding hydrogens is 336 g/mol. The topological polar surface area (TPSA) is 122 Å². The molecule has 26 heavy (non-hydrogen) atoms. The van der Waals surface area contributed by atoms with Crippen molar-refractivity contribution in [2.75, 3.05) is 6.61 Å². The van der Waals surface area contributed by atoms with Crippen LogP contribution >= 0.6 is 0 Å². The molecule has 2 aromatic heterocycles. The molecule has 0 saturated heterocycles. The van der Waals surface area contributed by atoms with E-state index in [1.165, 1.54) is 6.33 Å². The van der Waals surface area contributed by atoms with Crippen molar-refractivity contribution in [1.29, 1.82) is 0 Å². The number of nitrogens with one attached hydrogen (secondary N) is 2. The van der Waals surface area contributed by atoms with Crippen LogP contribution in [-0.2, 0) is 16.0 Å². The molecule has 2 atom stereocenters. The van der Waals surface area contributed by atoms with Gasteiger partial charge in [0.1, 0.15) is 12.9 Å². The largest absolute Gasteiger partial charge is 0.387 e.